The van der Waals surface area contributed by atoms with E-state index in [-0.39, 0.29) is 29.9 Å². The molecule has 2 N–H and O–H groups in total. The molecular formula is C25H29F5N8O. The minimum absolute atomic E-state index is 0.213. The van der Waals surface area contributed by atoms with Gasteiger partial charge in [0.25, 0.3) is 5.92 Å². The predicted octanol–water partition coefficient (Wildman–Crippen LogP) is 4.54. The van der Waals surface area contributed by atoms with Crippen LogP contribution in [0.2, 0.25) is 0 Å². The molecule has 14 heteroatoms. The number of hydrogen-bond acceptors (Lipinski definition) is 5. The number of alkyl halides is 5. The van der Waals surface area contributed by atoms with Gasteiger partial charge in [0, 0.05) is 55.9 Å². The van der Waals surface area contributed by atoms with Crippen LogP contribution in [0, 0.1) is 0 Å². The number of urea groups is 1. The molecule has 0 atom stereocenters. The number of piperazine rings is 1. The summed E-state index contributed by atoms with van der Waals surface area (Å²) in [6.07, 6.45) is 1.30. The minimum atomic E-state index is -4.43. The quantitative estimate of drug-likeness (QED) is 0.465. The molecule has 2 amide bonds. The number of carbonyl (C=O) groups is 1. The molecule has 1 spiro atoms. The van der Waals surface area contributed by atoms with Gasteiger partial charge in [0.15, 0.2) is 0 Å². The van der Waals surface area contributed by atoms with Crippen LogP contribution in [0.15, 0.2) is 24.7 Å². The highest BCUT2D eigenvalue weighted by Crippen LogP contribution is 2.51. The fraction of sp³-hybridized carbons (Fsp3) is 0.560. The number of amides is 2. The van der Waals surface area contributed by atoms with Crippen molar-refractivity contribution in [2.75, 3.05) is 50.0 Å². The summed E-state index contributed by atoms with van der Waals surface area (Å²) in [4.78, 5) is 23.0. The smallest absolute Gasteiger partial charge is 0.367 e. The highest BCUT2D eigenvalue weighted by atomic mass is 19.4. The van der Waals surface area contributed by atoms with Crippen molar-refractivity contribution in [2.24, 2.45) is 0 Å². The van der Waals surface area contributed by atoms with E-state index in [9.17, 15) is 26.7 Å². The van der Waals surface area contributed by atoms with Crippen LogP contribution in [0.3, 0.4) is 0 Å². The summed E-state index contributed by atoms with van der Waals surface area (Å²) in [5.41, 5.74) is 1.24. The number of hydrogen-bond donors (Lipinski definition) is 2. The first kappa shape index (κ1) is 25.8. The van der Waals surface area contributed by atoms with Crippen LogP contribution in [-0.2, 0) is 6.54 Å². The molecule has 2 saturated heterocycles. The molecule has 5 heterocycles. The van der Waals surface area contributed by atoms with E-state index in [1.165, 1.54) is 29.6 Å². The minimum Gasteiger partial charge on any atom is -0.367 e. The second kappa shape index (κ2) is 9.07. The van der Waals surface area contributed by atoms with Crippen LogP contribution in [0.4, 0.5) is 38.1 Å². The number of likely N-dealkylation sites (tertiary alicyclic amines) is 1. The number of H-pyrrole nitrogens is 1. The van der Waals surface area contributed by atoms with Crippen molar-refractivity contribution in [1.29, 1.82) is 0 Å². The summed E-state index contributed by atoms with van der Waals surface area (Å²) < 4.78 is 69.8. The van der Waals surface area contributed by atoms with Gasteiger partial charge in [-0.3, -0.25) is 10.1 Å². The molecule has 0 bridgehead atoms. The highest BCUT2D eigenvalue weighted by molar-refractivity contribution is 5.97. The van der Waals surface area contributed by atoms with E-state index in [1.807, 2.05) is 7.05 Å². The number of pyridine rings is 1. The fourth-order valence-corrected chi connectivity index (χ4v) is 5.67. The fourth-order valence-electron chi connectivity index (χ4n) is 5.67. The molecule has 3 aliphatic rings. The van der Waals surface area contributed by atoms with Gasteiger partial charge in [-0.25, -0.2) is 13.6 Å². The van der Waals surface area contributed by atoms with Crippen molar-refractivity contribution in [2.45, 2.75) is 49.9 Å². The third-order valence-corrected chi connectivity index (χ3v) is 8.07. The Kier molecular flexibility index (Phi) is 6.01. The van der Waals surface area contributed by atoms with Gasteiger partial charge in [0.05, 0.1) is 35.3 Å². The molecular weight excluding hydrogens is 523 g/mol. The molecule has 1 aliphatic carbocycles. The van der Waals surface area contributed by atoms with E-state index in [2.05, 4.69) is 30.3 Å². The number of fused-ring (bicyclic) bond motifs is 1. The number of nitrogens with one attached hydrogen (secondary N) is 2. The number of nitrogens with zero attached hydrogens (tertiary/aromatic N) is 6. The van der Waals surface area contributed by atoms with E-state index in [4.69, 9.17) is 0 Å². The molecule has 6 rings (SSSR count). The highest BCUT2D eigenvalue weighted by Gasteiger charge is 2.57. The van der Waals surface area contributed by atoms with Crippen molar-refractivity contribution in [3.63, 3.8) is 0 Å². The van der Waals surface area contributed by atoms with Gasteiger partial charge in [-0.1, -0.05) is 0 Å². The zero-order chi connectivity index (χ0) is 27.6. The Labute approximate surface area is 220 Å². The summed E-state index contributed by atoms with van der Waals surface area (Å²) in [6, 6.07) is 0.870. The van der Waals surface area contributed by atoms with Crippen LogP contribution < -0.4 is 10.2 Å². The van der Waals surface area contributed by atoms with Crippen molar-refractivity contribution >= 4 is 28.3 Å². The molecule has 39 heavy (non-hydrogen) atoms. The van der Waals surface area contributed by atoms with E-state index in [0.717, 1.165) is 17.7 Å². The number of anilines is 2. The molecule has 2 aliphatic heterocycles. The van der Waals surface area contributed by atoms with Crippen LogP contribution in [-0.4, -0.2) is 93.0 Å². The molecule has 0 radical (unpaired) electrons. The van der Waals surface area contributed by atoms with Gasteiger partial charge in [-0.05, 0) is 32.4 Å². The second-order valence-electron chi connectivity index (χ2n) is 10.9. The lowest BCUT2D eigenvalue weighted by Crippen LogP contribution is -2.54. The normalized spacial score (nSPS) is 21.1. The van der Waals surface area contributed by atoms with Gasteiger partial charge < -0.3 is 24.6 Å². The maximum absolute atomic E-state index is 14.1. The summed E-state index contributed by atoms with van der Waals surface area (Å²) >= 11 is 0. The lowest BCUT2D eigenvalue weighted by molar-refractivity contribution is -0.139. The number of aromatic nitrogens is 4. The first-order chi connectivity index (χ1) is 18.4. The van der Waals surface area contributed by atoms with Crippen molar-refractivity contribution in [3.05, 3.63) is 24.7 Å². The molecule has 0 aromatic carbocycles. The zero-order valence-corrected chi connectivity index (χ0v) is 21.4. The number of halogens is 5. The van der Waals surface area contributed by atoms with Gasteiger partial charge in [0.2, 0.25) is 0 Å². The predicted molar refractivity (Wildman–Crippen MR) is 135 cm³/mol. The first-order valence-corrected chi connectivity index (χ1v) is 12.9. The molecule has 0 unspecified atom stereocenters. The topological polar surface area (TPSA) is 85.3 Å². The Hall–Kier alpha value is -3.42. The SMILES string of the molecule is CN1CCN(c2cn(CC(F)(F)F)c3cc(-c4[nH]ncc4NC(=O)N4CC(F)(F)CCC45CC5)ncc23)CC1. The Morgan fingerprint density at radius 2 is 1.82 bits per heavy atom. The van der Waals surface area contributed by atoms with Crippen molar-refractivity contribution in [3.8, 4) is 11.4 Å². The van der Waals surface area contributed by atoms with E-state index >= 15 is 0 Å². The Bertz CT molecular complexity index is 1390. The standard InChI is InChI=1S/C25H29F5N8O/c1-35-6-8-36(9-7-35)20-13-37(15-25(28,29)30)19-10-17(31-11-16(19)20)21-18(12-32-34-21)33-22(39)38-14-24(26,27)5-4-23(38)2-3-23/h10-13H,2-9,14-15H2,1H3,(H,32,34)(H,33,39). The van der Waals surface area contributed by atoms with Gasteiger partial charge in [0.1, 0.15) is 12.2 Å². The largest absolute Gasteiger partial charge is 0.406 e. The van der Waals surface area contributed by atoms with E-state index in [0.29, 0.717) is 42.5 Å². The maximum atomic E-state index is 14.1. The van der Waals surface area contributed by atoms with E-state index < -0.39 is 36.8 Å². The van der Waals surface area contributed by atoms with Crippen molar-refractivity contribution < 1.29 is 26.7 Å². The molecule has 3 fully saturated rings. The molecule has 3 aromatic heterocycles. The summed E-state index contributed by atoms with van der Waals surface area (Å²) in [5.74, 6) is -2.96. The van der Waals surface area contributed by atoms with Crippen LogP contribution >= 0.6 is 0 Å². The number of rotatable bonds is 4. The Morgan fingerprint density at radius 3 is 2.51 bits per heavy atom. The van der Waals surface area contributed by atoms with Crippen molar-refractivity contribution in [1.82, 2.24) is 29.5 Å². The van der Waals surface area contributed by atoms with Gasteiger partial charge in [-0.2, -0.15) is 18.3 Å². The van der Waals surface area contributed by atoms with Gasteiger partial charge >= 0.3 is 12.2 Å². The van der Waals surface area contributed by atoms with Crippen LogP contribution in [0.5, 0.6) is 0 Å². The lowest BCUT2D eigenvalue weighted by Gasteiger charge is -2.40. The summed E-state index contributed by atoms with van der Waals surface area (Å²) in [6.45, 7) is 1.11. The lowest BCUT2D eigenvalue weighted by atomic mass is 9.97. The van der Waals surface area contributed by atoms with Crippen LogP contribution in [0.1, 0.15) is 25.7 Å². The molecule has 210 valence electrons. The Morgan fingerprint density at radius 1 is 1.10 bits per heavy atom. The number of aromatic amines is 1. The summed E-state index contributed by atoms with van der Waals surface area (Å²) in [7, 11) is 2.00. The molecule has 1 saturated carbocycles. The van der Waals surface area contributed by atoms with E-state index in [1.54, 1.807) is 0 Å². The molecule has 3 aromatic rings. The maximum Gasteiger partial charge on any atom is 0.406 e. The molecule has 9 nitrogen and oxygen atoms in total. The van der Waals surface area contributed by atoms with Crippen LogP contribution in [0.25, 0.3) is 22.3 Å². The zero-order valence-electron chi connectivity index (χ0n) is 21.4. The summed E-state index contributed by atoms with van der Waals surface area (Å²) in [5, 5.41) is 9.99. The number of likely N-dealkylation sites (N-methyl/N-ethyl adjacent to an activating group) is 1. The monoisotopic (exact) mass is 552 g/mol. The average Bonchev–Trinajstić information content (AvgIpc) is 3.36. The third kappa shape index (κ3) is 5.01. The Balaban J connectivity index is 1.31. The third-order valence-electron chi connectivity index (χ3n) is 8.07. The second-order valence-corrected chi connectivity index (χ2v) is 10.9. The van der Waals surface area contributed by atoms with Gasteiger partial charge in [-0.15, -0.1) is 0 Å². The number of piperidine rings is 1. The average molecular weight is 553 g/mol. The first-order valence-electron chi connectivity index (χ1n) is 12.9. The number of carbonyl (C=O) groups excluding carboxylic acids is 1.